The SMILES string of the molecule is Cc1cccc2cc(C(O)c3cc(F)ccc3F)oc12. The van der Waals surface area contributed by atoms with Gasteiger partial charge in [0.1, 0.15) is 29.1 Å². The number of aliphatic hydroxyl groups excluding tert-OH is 1. The number of aryl methyl sites for hydroxylation is 1. The van der Waals surface area contributed by atoms with Crippen LogP contribution in [0, 0.1) is 18.6 Å². The van der Waals surface area contributed by atoms with E-state index in [4.69, 9.17) is 4.42 Å². The molecule has 3 rings (SSSR count). The van der Waals surface area contributed by atoms with Crippen molar-refractivity contribution in [3.63, 3.8) is 0 Å². The molecule has 1 N–H and O–H groups in total. The molecule has 0 fully saturated rings. The van der Waals surface area contributed by atoms with Crippen molar-refractivity contribution in [2.24, 2.45) is 0 Å². The number of rotatable bonds is 2. The Morgan fingerprint density at radius 1 is 1.10 bits per heavy atom. The first-order valence-electron chi connectivity index (χ1n) is 6.18. The number of hydrogen-bond donors (Lipinski definition) is 1. The molecule has 3 aromatic rings. The van der Waals surface area contributed by atoms with E-state index in [1.165, 1.54) is 0 Å². The maximum absolute atomic E-state index is 13.7. The van der Waals surface area contributed by atoms with Gasteiger partial charge in [-0.2, -0.15) is 0 Å². The smallest absolute Gasteiger partial charge is 0.140 e. The summed E-state index contributed by atoms with van der Waals surface area (Å²) >= 11 is 0. The third-order valence-corrected chi connectivity index (χ3v) is 3.28. The standard InChI is InChI=1S/C16H12F2O2/c1-9-3-2-4-10-7-14(20-16(9)10)15(19)12-8-11(17)5-6-13(12)18/h2-8,15,19H,1H3. The Kier molecular flexibility index (Phi) is 3.03. The average Bonchev–Trinajstić information content (AvgIpc) is 2.86. The predicted molar refractivity (Wildman–Crippen MR) is 71.4 cm³/mol. The molecule has 0 aliphatic heterocycles. The summed E-state index contributed by atoms with van der Waals surface area (Å²) in [5.74, 6) is -1.08. The molecule has 0 bridgehead atoms. The molecule has 102 valence electrons. The van der Waals surface area contributed by atoms with Crippen LogP contribution in [0.4, 0.5) is 8.78 Å². The molecule has 0 radical (unpaired) electrons. The van der Waals surface area contributed by atoms with Gasteiger partial charge in [-0.1, -0.05) is 18.2 Å². The first-order chi connectivity index (χ1) is 9.56. The van der Waals surface area contributed by atoms with Gasteiger partial charge in [0, 0.05) is 10.9 Å². The molecule has 0 saturated heterocycles. The van der Waals surface area contributed by atoms with Gasteiger partial charge in [0.05, 0.1) is 0 Å². The Morgan fingerprint density at radius 2 is 1.90 bits per heavy atom. The van der Waals surface area contributed by atoms with Gasteiger partial charge in [-0.3, -0.25) is 0 Å². The van der Waals surface area contributed by atoms with Crippen molar-refractivity contribution in [1.82, 2.24) is 0 Å². The number of furan rings is 1. The van der Waals surface area contributed by atoms with Crippen LogP contribution in [0.25, 0.3) is 11.0 Å². The van der Waals surface area contributed by atoms with Crippen LogP contribution < -0.4 is 0 Å². The topological polar surface area (TPSA) is 33.4 Å². The molecular weight excluding hydrogens is 262 g/mol. The minimum Gasteiger partial charge on any atom is -0.458 e. The number of benzene rings is 2. The number of halogens is 2. The molecule has 0 aliphatic rings. The van der Waals surface area contributed by atoms with E-state index in [0.29, 0.717) is 5.58 Å². The molecule has 0 aliphatic carbocycles. The highest BCUT2D eigenvalue weighted by molar-refractivity contribution is 5.81. The summed E-state index contributed by atoms with van der Waals surface area (Å²) in [4.78, 5) is 0. The number of aliphatic hydroxyl groups is 1. The molecule has 1 aromatic heterocycles. The molecular formula is C16H12F2O2. The van der Waals surface area contributed by atoms with Gasteiger partial charge in [-0.05, 0) is 36.8 Å². The molecule has 0 amide bonds. The summed E-state index contributed by atoms with van der Waals surface area (Å²) in [5.41, 5.74) is 1.42. The number of hydrogen-bond acceptors (Lipinski definition) is 2. The molecule has 20 heavy (non-hydrogen) atoms. The maximum atomic E-state index is 13.7. The van der Waals surface area contributed by atoms with Crippen molar-refractivity contribution in [3.8, 4) is 0 Å². The van der Waals surface area contributed by atoms with Crippen LogP contribution in [0.3, 0.4) is 0 Å². The Morgan fingerprint density at radius 3 is 2.65 bits per heavy atom. The van der Waals surface area contributed by atoms with Gasteiger partial charge in [0.2, 0.25) is 0 Å². The Labute approximate surface area is 114 Å². The lowest BCUT2D eigenvalue weighted by atomic mass is 10.1. The first kappa shape index (κ1) is 12.8. The van der Waals surface area contributed by atoms with Gasteiger partial charge in [0.25, 0.3) is 0 Å². The summed E-state index contributed by atoms with van der Waals surface area (Å²) in [5, 5.41) is 11.0. The van der Waals surface area contributed by atoms with E-state index in [0.717, 1.165) is 29.1 Å². The van der Waals surface area contributed by atoms with Crippen molar-refractivity contribution in [1.29, 1.82) is 0 Å². The van der Waals surface area contributed by atoms with Gasteiger partial charge in [0.15, 0.2) is 0 Å². The van der Waals surface area contributed by atoms with E-state index in [-0.39, 0.29) is 11.3 Å². The summed E-state index contributed by atoms with van der Waals surface area (Å²) < 4.78 is 32.4. The number of fused-ring (bicyclic) bond motifs is 1. The molecule has 1 unspecified atom stereocenters. The first-order valence-corrected chi connectivity index (χ1v) is 6.18. The van der Waals surface area contributed by atoms with Crippen LogP contribution in [0.15, 0.2) is 46.9 Å². The molecule has 0 spiro atoms. The maximum Gasteiger partial charge on any atom is 0.140 e. The van der Waals surface area contributed by atoms with Crippen molar-refractivity contribution < 1.29 is 18.3 Å². The minimum atomic E-state index is -1.34. The van der Waals surface area contributed by atoms with E-state index >= 15 is 0 Å². The van der Waals surface area contributed by atoms with Crippen molar-refractivity contribution in [2.45, 2.75) is 13.0 Å². The van der Waals surface area contributed by atoms with Crippen molar-refractivity contribution >= 4 is 11.0 Å². The van der Waals surface area contributed by atoms with E-state index in [2.05, 4.69) is 0 Å². The summed E-state index contributed by atoms with van der Waals surface area (Å²) in [6.07, 6.45) is -1.34. The summed E-state index contributed by atoms with van der Waals surface area (Å²) in [7, 11) is 0. The van der Waals surface area contributed by atoms with E-state index < -0.39 is 17.7 Å². The fraction of sp³-hybridized carbons (Fsp3) is 0.125. The van der Waals surface area contributed by atoms with E-state index in [1.807, 2.05) is 25.1 Å². The van der Waals surface area contributed by atoms with Crippen LogP contribution in [0.1, 0.15) is 23.0 Å². The zero-order valence-electron chi connectivity index (χ0n) is 10.7. The lowest BCUT2D eigenvalue weighted by Crippen LogP contribution is -2.02. The van der Waals surface area contributed by atoms with Crippen LogP contribution in [0.2, 0.25) is 0 Å². The van der Waals surface area contributed by atoms with Crippen molar-refractivity contribution in [2.75, 3.05) is 0 Å². The minimum absolute atomic E-state index is 0.137. The van der Waals surface area contributed by atoms with Gasteiger partial charge < -0.3 is 9.52 Å². The monoisotopic (exact) mass is 274 g/mol. The Hall–Kier alpha value is -2.20. The van der Waals surface area contributed by atoms with Gasteiger partial charge in [-0.15, -0.1) is 0 Å². The van der Waals surface area contributed by atoms with Gasteiger partial charge in [-0.25, -0.2) is 8.78 Å². The number of para-hydroxylation sites is 1. The van der Waals surface area contributed by atoms with E-state index in [9.17, 15) is 13.9 Å². The molecule has 2 nitrogen and oxygen atoms in total. The summed E-state index contributed by atoms with van der Waals surface area (Å²) in [6, 6.07) is 10.2. The van der Waals surface area contributed by atoms with Crippen LogP contribution >= 0.6 is 0 Å². The highest BCUT2D eigenvalue weighted by Crippen LogP contribution is 2.31. The fourth-order valence-corrected chi connectivity index (χ4v) is 2.24. The van der Waals surface area contributed by atoms with Crippen LogP contribution in [0.5, 0.6) is 0 Å². The lowest BCUT2D eigenvalue weighted by Gasteiger charge is -2.09. The Balaban J connectivity index is 2.10. The zero-order valence-corrected chi connectivity index (χ0v) is 10.7. The molecule has 1 heterocycles. The van der Waals surface area contributed by atoms with Gasteiger partial charge >= 0.3 is 0 Å². The normalized spacial score (nSPS) is 12.8. The summed E-state index contributed by atoms with van der Waals surface area (Å²) in [6.45, 7) is 1.88. The second-order valence-electron chi connectivity index (χ2n) is 4.71. The average molecular weight is 274 g/mol. The molecule has 4 heteroatoms. The largest absolute Gasteiger partial charge is 0.458 e. The third kappa shape index (κ3) is 2.08. The highest BCUT2D eigenvalue weighted by atomic mass is 19.1. The molecule has 1 atom stereocenters. The van der Waals surface area contributed by atoms with Crippen molar-refractivity contribution in [3.05, 3.63) is 71.0 Å². The fourth-order valence-electron chi connectivity index (χ4n) is 2.24. The van der Waals surface area contributed by atoms with E-state index in [1.54, 1.807) is 6.07 Å². The Bertz CT molecular complexity index is 777. The quantitative estimate of drug-likeness (QED) is 0.763. The third-order valence-electron chi connectivity index (χ3n) is 3.28. The zero-order chi connectivity index (χ0) is 14.3. The highest BCUT2D eigenvalue weighted by Gasteiger charge is 2.20. The lowest BCUT2D eigenvalue weighted by molar-refractivity contribution is 0.187. The molecule has 2 aromatic carbocycles. The molecule has 0 saturated carbocycles. The predicted octanol–water partition coefficient (Wildman–Crippen LogP) is 4.10. The second-order valence-corrected chi connectivity index (χ2v) is 4.71. The second kappa shape index (κ2) is 4.72. The van der Waals surface area contributed by atoms with Crippen LogP contribution in [-0.4, -0.2) is 5.11 Å². The van der Waals surface area contributed by atoms with Crippen LogP contribution in [-0.2, 0) is 0 Å².